The van der Waals surface area contributed by atoms with Gasteiger partial charge < -0.3 is 10.4 Å². The van der Waals surface area contributed by atoms with E-state index in [2.05, 4.69) is 10.3 Å². The first kappa shape index (κ1) is 13.6. The molecule has 1 aromatic rings. The smallest absolute Gasteiger partial charge is 0.325 e. The molecule has 17 heavy (non-hydrogen) atoms. The highest BCUT2D eigenvalue weighted by molar-refractivity contribution is 7.13. The van der Waals surface area contributed by atoms with E-state index in [9.17, 15) is 9.59 Å². The molecule has 0 aromatic carbocycles. The SMILES string of the molecule is CCCc1nc(C)c(C(=O)NC(C)C(=O)O)s1. The first-order valence-corrected chi connectivity index (χ1v) is 6.27. The van der Waals surface area contributed by atoms with Gasteiger partial charge in [-0.25, -0.2) is 4.98 Å². The number of nitrogens with one attached hydrogen (secondary N) is 1. The molecule has 6 heteroatoms. The molecule has 0 aliphatic rings. The number of carbonyl (C=O) groups is 2. The van der Waals surface area contributed by atoms with E-state index in [1.54, 1.807) is 6.92 Å². The van der Waals surface area contributed by atoms with Crippen LogP contribution >= 0.6 is 11.3 Å². The Bertz CT molecular complexity index is 428. The Morgan fingerprint density at radius 2 is 2.18 bits per heavy atom. The highest BCUT2D eigenvalue weighted by Crippen LogP contribution is 2.19. The maximum atomic E-state index is 11.8. The van der Waals surface area contributed by atoms with Gasteiger partial charge in [-0.15, -0.1) is 11.3 Å². The second-order valence-corrected chi connectivity index (χ2v) is 4.89. The summed E-state index contributed by atoms with van der Waals surface area (Å²) in [5.74, 6) is -1.41. The van der Waals surface area contributed by atoms with Crippen LogP contribution in [0.15, 0.2) is 0 Å². The number of carbonyl (C=O) groups excluding carboxylic acids is 1. The van der Waals surface area contributed by atoms with E-state index in [1.165, 1.54) is 18.3 Å². The van der Waals surface area contributed by atoms with Crippen LogP contribution in [-0.4, -0.2) is 28.0 Å². The summed E-state index contributed by atoms with van der Waals surface area (Å²) in [6.45, 7) is 5.24. The summed E-state index contributed by atoms with van der Waals surface area (Å²) in [6.07, 6.45) is 1.81. The third kappa shape index (κ3) is 3.52. The molecule has 0 fully saturated rings. The van der Waals surface area contributed by atoms with Gasteiger partial charge in [0.25, 0.3) is 5.91 Å². The summed E-state index contributed by atoms with van der Waals surface area (Å²) >= 11 is 1.33. The van der Waals surface area contributed by atoms with Gasteiger partial charge in [0.15, 0.2) is 0 Å². The third-order valence-electron chi connectivity index (χ3n) is 2.23. The van der Waals surface area contributed by atoms with Gasteiger partial charge in [-0.3, -0.25) is 9.59 Å². The van der Waals surface area contributed by atoms with Gasteiger partial charge in [-0.05, 0) is 26.7 Å². The van der Waals surface area contributed by atoms with E-state index < -0.39 is 12.0 Å². The van der Waals surface area contributed by atoms with Crippen LogP contribution in [0.25, 0.3) is 0 Å². The third-order valence-corrected chi connectivity index (χ3v) is 3.44. The minimum atomic E-state index is -1.05. The molecule has 0 saturated carbocycles. The molecule has 0 aliphatic carbocycles. The summed E-state index contributed by atoms with van der Waals surface area (Å²) in [5, 5.41) is 12.0. The molecule has 1 rings (SSSR count). The number of aliphatic carboxylic acids is 1. The lowest BCUT2D eigenvalue weighted by atomic mass is 10.3. The molecule has 0 aliphatic heterocycles. The van der Waals surface area contributed by atoms with Gasteiger partial charge in [-0.2, -0.15) is 0 Å². The predicted octanol–water partition coefficient (Wildman–Crippen LogP) is 1.61. The maximum absolute atomic E-state index is 11.8. The Labute approximate surface area is 104 Å². The van der Waals surface area contributed by atoms with Crippen molar-refractivity contribution in [3.05, 3.63) is 15.6 Å². The largest absolute Gasteiger partial charge is 0.480 e. The number of aromatic nitrogens is 1. The minimum absolute atomic E-state index is 0.364. The van der Waals surface area contributed by atoms with Crippen LogP contribution in [0.1, 0.15) is 40.6 Å². The lowest BCUT2D eigenvalue weighted by Crippen LogP contribution is -2.38. The number of aryl methyl sites for hydroxylation is 2. The maximum Gasteiger partial charge on any atom is 0.325 e. The summed E-state index contributed by atoms with van der Waals surface area (Å²) in [6, 6.07) is -0.890. The van der Waals surface area contributed by atoms with E-state index in [1.807, 2.05) is 6.92 Å². The Kier molecular flexibility index (Phi) is 4.62. The van der Waals surface area contributed by atoms with Crippen LogP contribution in [0.2, 0.25) is 0 Å². The fourth-order valence-corrected chi connectivity index (χ4v) is 2.38. The van der Waals surface area contributed by atoms with Crippen molar-refractivity contribution in [1.29, 1.82) is 0 Å². The number of amides is 1. The second-order valence-electron chi connectivity index (χ2n) is 3.81. The zero-order valence-corrected chi connectivity index (χ0v) is 10.9. The highest BCUT2D eigenvalue weighted by atomic mass is 32.1. The molecule has 0 saturated heterocycles. The second kappa shape index (κ2) is 5.77. The Morgan fingerprint density at radius 1 is 1.53 bits per heavy atom. The molecule has 1 heterocycles. The number of nitrogens with zero attached hydrogens (tertiary/aromatic N) is 1. The van der Waals surface area contributed by atoms with Gasteiger partial charge in [0.1, 0.15) is 10.9 Å². The van der Waals surface area contributed by atoms with Crippen molar-refractivity contribution in [1.82, 2.24) is 10.3 Å². The van der Waals surface area contributed by atoms with Crippen molar-refractivity contribution < 1.29 is 14.7 Å². The van der Waals surface area contributed by atoms with Gasteiger partial charge in [0, 0.05) is 0 Å². The van der Waals surface area contributed by atoms with Crippen molar-refractivity contribution in [2.24, 2.45) is 0 Å². The van der Waals surface area contributed by atoms with Crippen LogP contribution in [-0.2, 0) is 11.2 Å². The number of carboxylic acid groups (broad SMARTS) is 1. The molecule has 0 radical (unpaired) electrons. The van der Waals surface area contributed by atoms with Gasteiger partial charge >= 0.3 is 5.97 Å². The summed E-state index contributed by atoms with van der Waals surface area (Å²) < 4.78 is 0. The zero-order valence-electron chi connectivity index (χ0n) is 10.1. The van der Waals surface area contributed by atoms with Crippen LogP contribution in [0.3, 0.4) is 0 Å². The van der Waals surface area contributed by atoms with Crippen LogP contribution in [0.4, 0.5) is 0 Å². The number of carboxylic acids is 1. The molecular weight excluding hydrogens is 240 g/mol. The fraction of sp³-hybridized carbons (Fsp3) is 0.545. The van der Waals surface area contributed by atoms with Crippen molar-refractivity contribution in [3.8, 4) is 0 Å². The molecular formula is C11H16N2O3S. The average molecular weight is 256 g/mol. The zero-order chi connectivity index (χ0) is 13.0. The van der Waals surface area contributed by atoms with E-state index in [-0.39, 0.29) is 5.91 Å². The Hall–Kier alpha value is -1.43. The molecule has 0 spiro atoms. The summed E-state index contributed by atoms with van der Waals surface area (Å²) in [7, 11) is 0. The van der Waals surface area contributed by atoms with Crippen molar-refractivity contribution in [2.75, 3.05) is 0 Å². The standard InChI is InChI=1S/C11H16N2O3S/c1-4-5-8-12-6(2)9(17-8)10(14)13-7(3)11(15)16/h7H,4-5H2,1-3H3,(H,13,14)(H,15,16). The first-order chi connectivity index (χ1) is 7.95. The van der Waals surface area contributed by atoms with Crippen molar-refractivity contribution >= 4 is 23.2 Å². The lowest BCUT2D eigenvalue weighted by Gasteiger charge is -2.07. The molecule has 1 amide bonds. The normalized spacial score (nSPS) is 12.2. The summed E-state index contributed by atoms with van der Waals surface area (Å²) in [4.78, 5) is 27.2. The van der Waals surface area contributed by atoms with Gasteiger partial charge in [0.05, 0.1) is 10.7 Å². The monoisotopic (exact) mass is 256 g/mol. The Balaban J connectivity index is 2.78. The molecule has 1 unspecified atom stereocenters. The summed E-state index contributed by atoms with van der Waals surface area (Å²) in [5.41, 5.74) is 0.661. The van der Waals surface area contributed by atoms with Crippen LogP contribution < -0.4 is 5.32 Å². The highest BCUT2D eigenvalue weighted by Gasteiger charge is 2.19. The molecule has 2 N–H and O–H groups in total. The van der Waals surface area contributed by atoms with E-state index in [4.69, 9.17) is 5.11 Å². The number of hydrogen-bond donors (Lipinski definition) is 2. The van der Waals surface area contributed by atoms with E-state index in [0.29, 0.717) is 10.6 Å². The van der Waals surface area contributed by atoms with E-state index >= 15 is 0 Å². The molecule has 5 nitrogen and oxygen atoms in total. The quantitative estimate of drug-likeness (QED) is 0.838. The average Bonchev–Trinajstić information content (AvgIpc) is 2.59. The number of rotatable bonds is 5. The van der Waals surface area contributed by atoms with Crippen molar-refractivity contribution in [2.45, 2.75) is 39.7 Å². The topological polar surface area (TPSA) is 79.3 Å². The van der Waals surface area contributed by atoms with Gasteiger partial charge in [-0.1, -0.05) is 6.92 Å². The number of thiazole rings is 1. The van der Waals surface area contributed by atoms with Crippen molar-refractivity contribution in [3.63, 3.8) is 0 Å². The Morgan fingerprint density at radius 3 is 2.71 bits per heavy atom. The fourth-order valence-electron chi connectivity index (χ4n) is 1.31. The minimum Gasteiger partial charge on any atom is -0.480 e. The number of hydrogen-bond acceptors (Lipinski definition) is 4. The lowest BCUT2D eigenvalue weighted by molar-refractivity contribution is -0.138. The van der Waals surface area contributed by atoms with Crippen LogP contribution in [0, 0.1) is 6.92 Å². The molecule has 0 bridgehead atoms. The van der Waals surface area contributed by atoms with Crippen LogP contribution in [0.5, 0.6) is 0 Å². The molecule has 1 atom stereocenters. The first-order valence-electron chi connectivity index (χ1n) is 5.45. The van der Waals surface area contributed by atoms with Gasteiger partial charge in [0.2, 0.25) is 0 Å². The molecule has 1 aromatic heterocycles. The molecule has 94 valence electrons. The predicted molar refractivity (Wildman–Crippen MR) is 65.4 cm³/mol. The van der Waals surface area contributed by atoms with E-state index in [0.717, 1.165) is 17.8 Å².